The number of pyridine rings is 1. The smallest absolute Gasteiger partial charge is 0.146 e. The van der Waals surface area contributed by atoms with E-state index in [2.05, 4.69) is 26.2 Å². The number of anilines is 1. The van der Waals surface area contributed by atoms with Crippen LogP contribution < -0.4 is 5.32 Å². The molecule has 0 radical (unpaired) electrons. The Morgan fingerprint density at radius 3 is 2.94 bits per heavy atom. The molecule has 0 aliphatic carbocycles. The van der Waals surface area contributed by atoms with Gasteiger partial charge in [0, 0.05) is 24.0 Å². The first kappa shape index (κ1) is 12.0. The second-order valence-electron chi connectivity index (χ2n) is 3.56. The molecule has 0 spiro atoms. The van der Waals surface area contributed by atoms with Crippen LogP contribution in [0.1, 0.15) is 6.92 Å². The Balaban J connectivity index is 2.45. The summed E-state index contributed by atoms with van der Waals surface area (Å²) in [6.45, 7) is 2.84. The van der Waals surface area contributed by atoms with Crippen LogP contribution in [-0.4, -0.2) is 11.5 Å². The number of aromatic nitrogens is 1. The van der Waals surface area contributed by atoms with E-state index in [1.807, 2.05) is 19.1 Å². The van der Waals surface area contributed by atoms with Gasteiger partial charge in [0.05, 0.1) is 10.2 Å². The van der Waals surface area contributed by atoms with Gasteiger partial charge in [-0.1, -0.05) is 6.07 Å². The highest BCUT2D eigenvalue weighted by Crippen LogP contribution is 2.27. The van der Waals surface area contributed by atoms with Crippen molar-refractivity contribution in [1.82, 2.24) is 4.98 Å². The number of hydrogen-bond donors (Lipinski definition) is 1. The van der Waals surface area contributed by atoms with E-state index in [4.69, 9.17) is 0 Å². The van der Waals surface area contributed by atoms with E-state index in [1.54, 1.807) is 24.4 Å². The lowest BCUT2D eigenvalue weighted by Gasteiger charge is -2.07. The van der Waals surface area contributed by atoms with Crippen LogP contribution in [-0.2, 0) is 0 Å². The van der Waals surface area contributed by atoms with E-state index in [9.17, 15) is 4.39 Å². The summed E-state index contributed by atoms with van der Waals surface area (Å²) in [6.07, 6.45) is 1.67. The van der Waals surface area contributed by atoms with Gasteiger partial charge in [0.2, 0.25) is 0 Å². The van der Waals surface area contributed by atoms with Crippen LogP contribution in [0.15, 0.2) is 41.0 Å². The highest BCUT2D eigenvalue weighted by Gasteiger charge is 2.09. The average molecular weight is 295 g/mol. The first-order chi connectivity index (χ1) is 8.22. The summed E-state index contributed by atoms with van der Waals surface area (Å²) in [5.74, 6) is -0.284. The van der Waals surface area contributed by atoms with Crippen molar-refractivity contribution in [1.29, 1.82) is 0 Å². The van der Waals surface area contributed by atoms with Crippen LogP contribution >= 0.6 is 15.9 Å². The normalized spacial score (nSPS) is 10.3. The standard InChI is InChI=1S/C13H12BrFN2/c1-2-16-9-6-7-17-12(8-9)10-4-3-5-11(14)13(10)15/h3-8H,2H2,1H3,(H,16,17). The van der Waals surface area contributed by atoms with Crippen LogP contribution in [0.4, 0.5) is 10.1 Å². The molecule has 1 aromatic heterocycles. The molecule has 0 unspecified atom stereocenters. The molecule has 2 aromatic rings. The van der Waals surface area contributed by atoms with Crippen LogP contribution in [0.3, 0.4) is 0 Å². The van der Waals surface area contributed by atoms with Crippen molar-refractivity contribution < 1.29 is 4.39 Å². The lowest BCUT2D eigenvalue weighted by molar-refractivity contribution is 0.624. The van der Waals surface area contributed by atoms with Crippen molar-refractivity contribution in [3.63, 3.8) is 0 Å². The number of hydrogen-bond acceptors (Lipinski definition) is 2. The summed E-state index contributed by atoms with van der Waals surface area (Å²) < 4.78 is 14.3. The van der Waals surface area contributed by atoms with Gasteiger partial charge in [0.25, 0.3) is 0 Å². The number of nitrogens with zero attached hydrogens (tertiary/aromatic N) is 1. The monoisotopic (exact) mass is 294 g/mol. The molecule has 2 nitrogen and oxygen atoms in total. The predicted octanol–water partition coefficient (Wildman–Crippen LogP) is 4.08. The molecule has 0 amide bonds. The van der Waals surface area contributed by atoms with Crippen LogP contribution in [0.2, 0.25) is 0 Å². The first-order valence-electron chi connectivity index (χ1n) is 5.36. The molecule has 0 saturated carbocycles. The fraction of sp³-hybridized carbons (Fsp3) is 0.154. The van der Waals surface area contributed by atoms with E-state index < -0.39 is 0 Å². The summed E-state index contributed by atoms with van der Waals surface area (Å²) >= 11 is 3.17. The van der Waals surface area contributed by atoms with Gasteiger partial charge >= 0.3 is 0 Å². The maximum Gasteiger partial charge on any atom is 0.146 e. The Morgan fingerprint density at radius 1 is 1.35 bits per heavy atom. The molecule has 1 aromatic carbocycles. The molecule has 0 bridgehead atoms. The minimum absolute atomic E-state index is 0.284. The SMILES string of the molecule is CCNc1ccnc(-c2cccc(Br)c2F)c1. The molecule has 88 valence electrons. The first-order valence-corrected chi connectivity index (χ1v) is 6.16. The minimum Gasteiger partial charge on any atom is -0.385 e. The van der Waals surface area contributed by atoms with Crippen LogP contribution in [0.25, 0.3) is 11.3 Å². The van der Waals surface area contributed by atoms with Gasteiger partial charge in [-0.2, -0.15) is 0 Å². The summed E-state index contributed by atoms with van der Waals surface area (Å²) in [5, 5.41) is 3.18. The summed E-state index contributed by atoms with van der Waals surface area (Å²) in [5.41, 5.74) is 2.07. The van der Waals surface area contributed by atoms with Crippen molar-refractivity contribution in [3.05, 3.63) is 46.8 Å². The van der Waals surface area contributed by atoms with Gasteiger partial charge in [-0.25, -0.2) is 4.39 Å². The van der Waals surface area contributed by atoms with Crippen molar-refractivity contribution in [2.75, 3.05) is 11.9 Å². The molecule has 1 N–H and O–H groups in total. The van der Waals surface area contributed by atoms with Crippen molar-refractivity contribution in [3.8, 4) is 11.3 Å². The Morgan fingerprint density at radius 2 is 2.18 bits per heavy atom. The fourth-order valence-electron chi connectivity index (χ4n) is 1.59. The Labute approximate surface area is 108 Å². The van der Waals surface area contributed by atoms with Crippen LogP contribution in [0, 0.1) is 5.82 Å². The summed E-state index contributed by atoms with van der Waals surface area (Å²) in [7, 11) is 0. The summed E-state index contributed by atoms with van der Waals surface area (Å²) in [4.78, 5) is 4.19. The third-order valence-electron chi connectivity index (χ3n) is 2.37. The second-order valence-corrected chi connectivity index (χ2v) is 4.42. The van der Waals surface area contributed by atoms with Crippen molar-refractivity contribution in [2.45, 2.75) is 6.92 Å². The Hall–Kier alpha value is -1.42. The fourth-order valence-corrected chi connectivity index (χ4v) is 1.96. The molecule has 1 heterocycles. The highest BCUT2D eigenvalue weighted by atomic mass is 79.9. The maximum absolute atomic E-state index is 13.9. The summed E-state index contributed by atoms with van der Waals surface area (Å²) in [6, 6.07) is 8.90. The zero-order chi connectivity index (χ0) is 12.3. The van der Waals surface area contributed by atoms with E-state index in [0.717, 1.165) is 12.2 Å². The lowest BCUT2D eigenvalue weighted by Crippen LogP contribution is -1.97. The largest absolute Gasteiger partial charge is 0.385 e. The third kappa shape index (κ3) is 2.64. The Bertz CT molecular complexity index is 529. The lowest BCUT2D eigenvalue weighted by atomic mass is 10.1. The third-order valence-corrected chi connectivity index (χ3v) is 2.98. The molecular formula is C13H12BrFN2. The molecule has 4 heteroatoms. The van der Waals surface area contributed by atoms with Crippen molar-refractivity contribution >= 4 is 21.6 Å². The van der Waals surface area contributed by atoms with Gasteiger partial charge < -0.3 is 5.32 Å². The number of benzene rings is 1. The Kier molecular flexibility index (Phi) is 3.74. The number of halogens is 2. The highest BCUT2D eigenvalue weighted by molar-refractivity contribution is 9.10. The average Bonchev–Trinajstić information content (AvgIpc) is 2.33. The minimum atomic E-state index is -0.284. The topological polar surface area (TPSA) is 24.9 Å². The van der Waals surface area contributed by atoms with E-state index in [0.29, 0.717) is 15.7 Å². The van der Waals surface area contributed by atoms with E-state index in [1.165, 1.54) is 0 Å². The number of rotatable bonds is 3. The molecular weight excluding hydrogens is 283 g/mol. The van der Waals surface area contributed by atoms with Gasteiger partial charge in [0.15, 0.2) is 0 Å². The second kappa shape index (κ2) is 5.27. The predicted molar refractivity (Wildman–Crippen MR) is 71.5 cm³/mol. The van der Waals surface area contributed by atoms with Crippen LogP contribution in [0.5, 0.6) is 0 Å². The zero-order valence-electron chi connectivity index (χ0n) is 9.37. The van der Waals surface area contributed by atoms with Crippen molar-refractivity contribution in [2.24, 2.45) is 0 Å². The van der Waals surface area contributed by atoms with E-state index in [-0.39, 0.29) is 5.82 Å². The molecule has 0 saturated heterocycles. The van der Waals surface area contributed by atoms with Gasteiger partial charge in [-0.3, -0.25) is 4.98 Å². The zero-order valence-corrected chi connectivity index (χ0v) is 11.0. The van der Waals surface area contributed by atoms with Gasteiger partial charge in [-0.15, -0.1) is 0 Å². The quantitative estimate of drug-likeness (QED) is 0.922. The van der Waals surface area contributed by atoms with Gasteiger partial charge in [0.1, 0.15) is 5.82 Å². The molecule has 17 heavy (non-hydrogen) atoms. The maximum atomic E-state index is 13.9. The molecule has 0 aliphatic rings. The van der Waals surface area contributed by atoms with Gasteiger partial charge in [-0.05, 0) is 47.1 Å². The molecule has 0 aliphatic heterocycles. The molecule has 2 rings (SSSR count). The number of nitrogens with one attached hydrogen (secondary N) is 1. The molecule has 0 fully saturated rings. The molecule has 0 atom stereocenters. The van der Waals surface area contributed by atoms with E-state index >= 15 is 0 Å².